The number of piperidine rings is 1. The van der Waals surface area contributed by atoms with Gasteiger partial charge in [-0.1, -0.05) is 28.1 Å². The van der Waals surface area contributed by atoms with Crippen LogP contribution in [0.3, 0.4) is 0 Å². The largest absolute Gasteiger partial charge is 0.371 e. The van der Waals surface area contributed by atoms with E-state index in [0.717, 1.165) is 41.7 Å². The van der Waals surface area contributed by atoms with Crippen molar-refractivity contribution in [2.45, 2.75) is 12.8 Å². The third-order valence-corrected chi connectivity index (χ3v) is 8.18. The molecule has 170 valence electrons. The maximum atomic E-state index is 13.0. The first-order chi connectivity index (χ1) is 15.4. The average Bonchev–Trinajstić information content (AvgIpc) is 2.84. The van der Waals surface area contributed by atoms with E-state index in [-0.39, 0.29) is 11.8 Å². The van der Waals surface area contributed by atoms with E-state index in [0.29, 0.717) is 26.2 Å². The fourth-order valence-electron chi connectivity index (χ4n) is 4.19. The zero-order chi connectivity index (χ0) is 22.6. The molecule has 0 atom stereocenters. The van der Waals surface area contributed by atoms with Crippen LogP contribution in [0, 0.1) is 5.92 Å². The second-order valence-electron chi connectivity index (χ2n) is 8.09. The van der Waals surface area contributed by atoms with Gasteiger partial charge in [-0.15, -0.1) is 0 Å². The van der Waals surface area contributed by atoms with Crippen molar-refractivity contribution < 1.29 is 13.2 Å². The molecule has 0 radical (unpaired) electrons. The minimum Gasteiger partial charge on any atom is -0.371 e. The molecular formula is C23H27BrN4O3S. The first kappa shape index (κ1) is 22.9. The van der Waals surface area contributed by atoms with E-state index < -0.39 is 10.0 Å². The number of halogens is 1. The highest BCUT2D eigenvalue weighted by molar-refractivity contribution is 9.10. The summed E-state index contributed by atoms with van der Waals surface area (Å²) in [7, 11) is -3.51. The number of nitrogens with zero attached hydrogens (tertiary/aromatic N) is 4. The normalized spacial score (nSPS) is 18.9. The molecule has 3 heterocycles. The highest BCUT2D eigenvalue weighted by atomic mass is 79.9. The predicted molar refractivity (Wildman–Crippen MR) is 129 cm³/mol. The molecule has 2 aliphatic heterocycles. The molecule has 0 spiro atoms. The lowest BCUT2D eigenvalue weighted by Gasteiger charge is -2.38. The van der Waals surface area contributed by atoms with Gasteiger partial charge in [0.15, 0.2) is 0 Å². The van der Waals surface area contributed by atoms with E-state index in [1.807, 2.05) is 41.3 Å². The monoisotopic (exact) mass is 518 g/mol. The van der Waals surface area contributed by atoms with Gasteiger partial charge in [0.1, 0.15) is 0 Å². The van der Waals surface area contributed by atoms with Crippen molar-refractivity contribution in [1.82, 2.24) is 14.2 Å². The number of hydrogen-bond donors (Lipinski definition) is 0. The van der Waals surface area contributed by atoms with Gasteiger partial charge in [0.25, 0.3) is 0 Å². The van der Waals surface area contributed by atoms with Crippen molar-refractivity contribution in [2.75, 3.05) is 44.2 Å². The topological polar surface area (TPSA) is 73.8 Å². The van der Waals surface area contributed by atoms with E-state index in [1.54, 1.807) is 18.5 Å². The lowest BCUT2D eigenvalue weighted by Crippen LogP contribution is -2.52. The molecule has 4 rings (SSSR count). The summed E-state index contributed by atoms with van der Waals surface area (Å²) in [5.41, 5.74) is 1.96. The van der Waals surface area contributed by atoms with Crippen LogP contribution < -0.4 is 4.90 Å². The van der Waals surface area contributed by atoms with E-state index in [9.17, 15) is 13.2 Å². The zero-order valence-corrected chi connectivity index (χ0v) is 20.2. The van der Waals surface area contributed by atoms with Crippen LogP contribution in [0.15, 0.2) is 58.7 Å². The molecule has 7 nitrogen and oxygen atoms in total. The summed E-state index contributed by atoms with van der Waals surface area (Å²) < 4.78 is 27.8. The van der Waals surface area contributed by atoms with E-state index in [2.05, 4.69) is 25.8 Å². The molecule has 0 N–H and O–H groups in total. The standard InChI is InChI=1S/C23H27BrN4O3S/c24-21-3-1-19(2-4-21)9-18-32(30,31)28-16-14-27(15-17-28)23(29)20-7-12-26(13-8-20)22-5-10-25-11-6-22/h1-6,9-11,18,20H,7-8,12-17H2/b18-9+. The van der Waals surface area contributed by atoms with E-state index >= 15 is 0 Å². The van der Waals surface area contributed by atoms with Gasteiger partial charge in [-0.3, -0.25) is 9.78 Å². The Morgan fingerprint density at radius 1 is 0.938 bits per heavy atom. The Labute approximate surface area is 197 Å². The molecule has 32 heavy (non-hydrogen) atoms. The summed E-state index contributed by atoms with van der Waals surface area (Å²) in [5, 5.41) is 1.25. The number of sulfonamides is 1. The lowest BCUT2D eigenvalue weighted by atomic mass is 9.94. The Balaban J connectivity index is 1.27. The highest BCUT2D eigenvalue weighted by Crippen LogP contribution is 2.25. The second-order valence-corrected chi connectivity index (χ2v) is 10.8. The van der Waals surface area contributed by atoms with Crippen LogP contribution in [0.25, 0.3) is 6.08 Å². The van der Waals surface area contributed by atoms with Crippen LogP contribution in [0.1, 0.15) is 18.4 Å². The molecule has 1 aromatic carbocycles. The molecule has 1 aromatic heterocycles. The maximum absolute atomic E-state index is 13.0. The number of benzene rings is 1. The maximum Gasteiger partial charge on any atom is 0.236 e. The van der Waals surface area contributed by atoms with Gasteiger partial charge in [0.05, 0.1) is 0 Å². The summed E-state index contributed by atoms with van der Waals surface area (Å²) in [6, 6.07) is 11.4. The van der Waals surface area contributed by atoms with Gasteiger partial charge in [-0.2, -0.15) is 4.31 Å². The number of rotatable bonds is 5. The molecule has 0 saturated carbocycles. The molecule has 0 bridgehead atoms. The van der Waals surface area contributed by atoms with Crippen LogP contribution in [0.5, 0.6) is 0 Å². The fraction of sp³-hybridized carbons (Fsp3) is 0.391. The number of hydrogen-bond acceptors (Lipinski definition) is 5. The number of pyridine rings is 1. The number of piperazine rings is 1. The summed E-state index contributed by atoms with van der Waals surface area (Å²) in [6.45, 7) is 3.22. The first-order valence-corrected chi connectivity index (χ1v) is 13.1. The Bertz CT molecular complexity index is 1040. The summed E-state index contributed by atoms with van der Waals surface area (Å²) in [6.07, 6.45) is 6.81. The van der Waals surface area contributed by atoms with E-state index in [1.165, 1.54) is 9.71 Å². The minimum atomic E-state index is -3.51. The second kappa shape index (κ2) is 10.1. The molecular weight excluding hydrogens is 492 g/mol. The molecule has 2 aromatic rings. The van der Waals surface area contributed by atoms with E-state index in [4.69, 9.17) is 0 Å². The van der Waals surface area contributed by atoms with Gasteiger partial charge < -0.3 is 9.80 Å². The van der Waals surface area contributed by atoms with Crippen LogP contribution in [0.4, 0.5) is 5.69 Å². The minimum absolute atomic E-state index is 0.00791. The first-order valence-electron chi connectivity index (χ1n) is 10.8. The van der Waals surface area contributed by atoms with Crippen LogP contribution in [-0.4, -0.2) is 67.8 Å². The molecule has 0 aliphatic carbocycles. The summed E-state index contributed by atoms with van der Waals surface area (Å²) in [5.74, 6) is 0.162. The quantitative estimate of drug-likeness (QED) is 0.607. The van der Waals surface area contributed by atoms with Crippen molar-refractivity contribution in [1.29, 1.82) is 0 Å². The Kier molecular flexibility index (Phi) is 7.27. The van der Waals surface area contributed by atoms with Gasteiger partial charge in [0.2, 0.25) is 15.9 Å². The van der Waals surface area contributed by atoms with Crippen molar-refractivity contribution in [3.63, 3.8) is 0 Å². The molecule has 1 amide bonds. The van der Waals surface area contributed by atoms with Crippen LogP contribution in [-0.2, 0) is 14.8 Å². The number of carbonyl (C=O) groups is 1. The van der Waals surface area contributed by atoms with Gasteiger partial charge in [-0.05, 0) is 48.7 Å². The Morgan fingerprint density at radius 2 is 1.56 bits per heavy atom. The van der Waals surface area contributed by atoms with Gasteiger partial charge in [-0.25, -0.2) is 8.42 Å². The van der Waals surface area contributed by atoms with Crippen LogP contribution >= 0.6 is 15.9 Å². The Hall–Kier alpha value is -2.23. The lowest BCUT2D eigenvalue weighted by molar-refractivity contribution is -0.137. The highest BCUT2D eigenvalue weighted by Gasteiger charge is 2.32. The number of carbonyl (C=O) groups excluding carboxylic acids is 1. The average molecular weight is 519 g/mol. The molecule has 0 unspecified atom stereocenters. The van der Waals surface area contributed by atoms with Gasteiger partial charge in [0, 0.05) is 73.1 Å². The zero-order valence-electron chi connectivity index (χ0n) is 17.8. The predicted octanol–water partition coefficient (Wildman–Crippen LogP) is 3.21. The fourth-order valence-corrected chi connectivity index (χ4v) is 5.62. The summed E-state index contributed by atoms with van der Waals surface area (Å²) >= 11 is 3.37. The number of amides is 1. The number of anilines is 1. The molecule has 9 heteroatoms. The summed E-state index contributed by atoms with van der Waals surface area (Å²) in [4.78, 5) is 21.2. The SMILES string of the molecule is O=C(C1CCN(c2ccncc2)CC1)N1CCN(S(=O)(=O)/C=C/c2ccc(Br)cc2)CC1. The van der Waals surface area contributed by atoms with Crippen molar-refractivity contribution >= 4 is 43.6 Å². The van der Waals surface area contributed by atoms with Crippen molar-refractivity contribution in [2.24, 2.45) is 5.92 Å². The number of aromatic nitrogens is 1. The Morgan fingerprint density at radius 3 is 2.19 bits per heavy atom. The molecule has 2 saturated heterocycles. The van der Waals surface area contributed by atoms with Crippen molar-refractivity contribution in [3.05, 3.63) is 64.2 Å². The third kappa shape index (κ3) is 5.57. The van der Waals surface area contributed by atoms with Crippen LogP contribution in [0.2, 0.25) is 0 Å². The molecule has 2 aliphatic rings. The third-order valence-electron chi connectivity index (χ3n) is 6.08. The van der Waals surface area contributed by atoms with Gasteiger partial charge >= 0.3 is 0 Å². The molecule has 2 fully saturated rings. The smallest absolute Gasteiger partial charge is 0.236 e. The van der Waals surface area contributed by atoms with Crippen molar-refractivity contribution in [3.8, 4) is 0 Å².